The van der Waals surface area contributed by atoms with Gasteiger partial charge in [0, 0.05) is 12.6 Å². The van der Waals surface area contributed by atoms with Crippen LogP contribution in [0.5, 0.6) is 0 Å². The molecule has 4 nitrogen and oxygen atoms in total. The van der Waals surface area contributed by atoms with E-state index in [4.69, 9.17) is 4.55 Å². The summed E-state index contributed by atoms with van der Waals surface area (Å²) in [7, 11) is -3.81. The number of rotatable bonds is 4. The van der Waals surface area contributed by atoms with Crippen LogP contribution in [0.25, 0.3) is 0 Å². The summed E-state index contributed by atoms with van der Waals surface area (Å²) in [5.74, 6) is -0.177. The molecule has 0 spiro atoms. The lowest BCUT2D eigenvalue weighted by Crippen LogP contribution is -2.33. The molecular formula is C11H23NO3S. The molecule has 1 fully saturated rings. The lowest BCUT2D eigenvalue weighted by molar-refractivity contribution is 0.436. The Bertz CT molecular complexity index is 267. The van der Waals surface area contributed by atoms with E-state index in [2.05, 4.69) is 5.32 Å². The summed E-state index contributed by atoms with van der Waals surface area (Å²) in [5, 5.41) is 3.23. The first-order chi connectivity index (χ1) is 7.58. The fourth-order valence-electron chi connectivity index (χ4n) is 2.23. The van der Waals surface area contributed by atoms with E-state index in [-0.39, 0.29) is 5.75 Å². The SMILES string of the molecule is O=S(=O)(O)CCNC1CCCCCCCC1. The standard InChI is InChI=1S/C11H23NO3S/c13-16(14,15)10-9-12-11-7-5-3-1-2-4-6-8-11/h11-12H,1-10H2,(H,13,14,15). The smallest absolute Gasteiger partial charge is 0.266 e. The van der Waals surface area contributed by atoms with Crippen molar-refractivity contribution in [1.29, 1.82) is 0 Å². The lowest BCUT2D eigenvalue weighted by atomic mass is 10.1. The van der Waals surface area contributed by atoms with Gasteiger partial charge in [-0.25, -0.2) is 0 Å². The zero-order valence-electron chi connectivity index (χ0n) is 9.82. The second-order valence-corrected chi connectivity index (χ2v) is 6.21. The molecule has 0 aromatic heterocycles. The minimum absolute atomic E-state index is 0.177. The van der Waals surface area contributed by atoms with Gasteiger partial charge in [-0.3, -0.25) is 4.55 Å². The van der Waals surface area contributed by atoms with Crippen LogP contribution < -0.4 is 5.32 Å². The first kappa shape index (κ1) is 13.9. The first-order valence-electron chi connectivity index (χ1n) is 6.26. The fraction of sp³-hybridized carbons (Fsp3) is 1.00. The molecule has 0 radical (unpaired) electrons. The van der Waals surface area contributed by atoms with Gasteiger partial charge in [-0.15, -0.1) is 0 Å². The van der Waals surface area contributed by atoms with Gasteiger partial charge in [0.15, 0.2) is 0 Å². The molecule has 1 rings (SSSR count). The van der Waals surface area contributed by atoms with Crippen molar-refractivity contribution in [2.24, 2.45) is 0 Å². The Morgan fingerprint density at radius 2 is 1.50 bits per heavy atom. The number of hydrogen-bond donors (Lipinski definition) is 2. The molecule has 0 aromatic rings. The molecule has 1 aliphatic carbocycles. The maximum absolute atomic E-state index is 10.6. The van der Waals surface area contributed by atoms with Gasteiger partial charge in [0.25, 0.3) is 10.1 Å². The van der Waals surface area contributed by atoms with Gasteiger partial charge >= 0.3 is 0 Å². The Morgan fingerprint density at radius 1 is 1.00 bits per heavy atom. The maximum atomic E-state index is 10.6. The minimum atomic E-state index is -3.81. The number of nitrogens with one attached hydrogen (secondary N) is 1. The molecule has 0 atom stereocenters. The van der Waals surface area contributed by atoms with E-state index in [1.54, 1.807) is 0 Å². The molecule has 96 valence electrons. The summed E-state index contributed by atoms with van der Waals surface area (Å²) in [6, 6.07) is 0.430. The molecule has 0 unspecified atom stereocenters. The molecule has 0 saturated heterocycles. The van der Waals surface area contributed by atoms with Gasteiger partial charge in [0.1, 0.15) is 0 Å². The normalized spacial score (nSPS) is 21.1. The second-order valence-electron chi connectivity index (χ2n) is 4.64. The van der Waals surface area contributed by atoms with Crippen LogP contribution in [0.15, 0.2) is 0 Å². The van der Waals surface area contributed by atoms with Gasteiger partial charge < -0.3 is 5.32 Å². The van der Waals surface area contributed by atoms with Gasteiger partial charge in [-0.05, 0) is 12.8 Å². The Hall–Kier alpha value is -0.130. The summed E-state index contributed by atoms with van der Waals surface area (Å²) >= 11 is 0. The predicted octanol–water partition coefficient (Wildman–Crippen LogP) is 1.97. The van der Waals surface area contributed by atoms with Crippen molar-refractivity contribution < 1.29 is 13.0 Å². The van der Waals surface area contributed by atoms with E-state index < -0.39 is 10.1 Å². The van der Waals surface area contributed by atoms with E-state index in [0.29, 0.717) is 12.6 Å². The Kier molecular flexibility index (Phi) is 6.31. The van der Waals surface area contributed by atoms with Crippen molar-refractivity contribution >= 4 is 10.1 Å². The van der Waals surface area contributed by atoms with E-state index in [1.165, 1.54) is 38.5 Å². The maximum Gasteiger partial charge on any atom is 0.266 e. The number of hydrogen-bond acceptors (Lipinski definition) is 3. The highest BCUT2D eigenvalue weighted by molar-refractivity contribution is 7.85. The molecule has 5 heteroatoms. The van der Waals surface area contributed by atoms with Crippen molar-refractivity contribution in [2.75, 3.05) is 12.3 Å². The summed E-state index contributed by atoms with van der Waals surface area (Å²) in [4.78, 5) is 0. The van der Waals surface area contributed by atoms with Crippen LogP contribution in [0.1, 0.15) is 51.4 Å². The highest BCUT2D eigenvalue weighted by Gasteiger charge is 2.11. The lowest BCUT2D eigenvalue weighted by Gasteiger charge is -2.17. The third-order valence-electron chi connectivity index (χ3n) is 3.15. The Labute approximate surface area is 98.6 Å². The Morgan fingerprint density at radius 3 is 2.00 bits per heavy atom. The molecule has 0 bridgehead atoms. The van der Waals surface area contributed by atoms with E-state index in [9.17, 15) is 8.42 Å². The van der Waals surface area contributed by atoms with Crippen LogP contribution in [0.2, 0.25) is 0 Å². The Balaban J connectivity index is 2.22. The van der Waals surface area contributed by atoms with Crippen LogP contribution in [0.3, 0.4) is 0 Å². The highest BCUT2D eigenvalue weighted by Crippen LogP contribution is 2.16. The van der Waals surface area contributed by atoms with Gasteiger partial charge in [0.05, 0.1) is 5.75 Å². The third kappa shape index (κ3) is 7.19. The van der Waals surface area contributed by atoms with Gasteiger partial charge in [0.2, 0.25) is 0 Å². The summed E-state index contributed by atoms with van der Waals surface area (Å²) < 4.78 is 29.8. The summed E-state index contributed by atoms with van der Waals surface area (Å²) in [5.41, 5.74) is 0. The van der Waals surface area contributed by atoms with Gasteiger partial charge in [-0.2, -0.15) is 8.42 Å². The zero-order valence-corrected chi connectivity index (χ0v) is 10.6. The molecule has 1 aliphatic rings. The highest BCUT2D eigenvalue weighted by atomic mass is 32.2. The molecule has 16 heavy (non-hydrogen) atoms. The molecule has 0 aliphatic heterocycles. The van der Waals surface area contributed by atoms with Crippen LogP contribution in [0.4, 0.5) is 0 Å². The van der Waals surface area contributed by atoms with Crippen LogP contribution in [0, 0.1) is 0 Å². The van der Waals surface area contributed by atoms with Crippen molar-refractivity contribution in [3.8, 4) is 0 Å². The monoisotopic (exact) mass is 249 g/mol. The quantitative estimate of drug-likeness (QED) is 0.748. The van der Waals surface area contributed by atoms with E-state index >= 15 is 0 Å². The second kappa shape index (κ2) is 7.25. The van der Waals surface area contributed by atoms with Gasteiger partial charge in [-0.1, -0.05) is 38.5 Å². The molecule has 0 amide bonds. The van der Waals surface area contributed by atoms with Crippen LogP contribution in [-0.4, -0.2) is 31.3 Å². The zero-order chi connectivity index (χ0) is 11.9. The molecule has 2 N–H and O–H groups in total. The third-order valence-corrected chi connectivity index (χ3v) is 3.87. The first-order valence-corrected chi connectivity index (χ1v) is 7.87. The molecule has 0 aromatic carbocycles. The average Bonchev–Trinajstić information content (AvgIpc) is 2.29. The van der Waals surface area contributed by atoms with Crippen molar-refractivity contribution in [1.82, 2.24) is 5.32 Å². The molecule has 1 saturated carbocycles. The average molecular weight is 249 g/mol. The minimum Gasteiger partial charge on any atom is -0.313 e. The van der Waals surface area contributed by atoms with Crippen molar-refractivity contribution in [3.05, 3.63) is 0 Å². The van der Waals surface area contributed by atoms with Crippen molar-refractivity contribution in [3.63, 3.8) is 0 Å². The topological polar surface area (TPSA) is 66.4 Å². The molecular weight excluding hydrogens is 226 g/mol. The van der Waals surface area contributed by atoms with E-state index in [0.717, 1.165) is 12.8 Å². The fourth-order valence-corrected chi connectivity index (χ4v) is 2.60. The van der Waals surface area contributed by atoms with Crippen molar-refractivity contribution in [2.45, 2.75) is 57.4 Å². The largest absolute Gasteiger partial charge is 0.313 e. The van der Waals surface area contributed by atoms with Crippen LogP contribution >= 0.6 is 0 Å². The van der Waals surface area contributed by atoms with Crippen LogP contribution in [-0.2, 0) is 10.1 Å². The predicted molar refractivity (Wildman–Crippen MR) is 65.1 cm³/mol. The summed E-state index contributed by atoms with van der Waals surface area (Å²) in [6.07, 6.45) is 9.95. The van der Waals surface area contributed by atoms with E-state index in [1.807, 2.05) is 0 Å². The summed E-state index contributed by atoms with van der Waals surface area (Å²) in [6.45, 7) is 0.365. The molecule has 0 heterocycles.